The summed E-state index contributed by atoms with van der Waals surface area (Å²) in [5.74, 6) is 1.93. The fraction of sp³-hybridized carbons (Fsp3) is 0.192. The second-order valence-corrected chi connectivity index (χ2v) is 9.57. The van der Waals surface area contributed by atoms with Crippen molar-refractivity contribution in [3.8, 4) is 5.75 Å². The van der Waals surface area contributed by atoms with Crippen LogP contribution in [0.15, 0.2) is 84.0 Å². The Morgan fingerprint density at radius 2 is 1.71 bits per heavy atom. The van der Waals surface area contributed by atoms with Gasteiger partial charge in [0.1, 0.15) is 18.2 Å². The van der Waals surface area contributed by atoms with Gasteiger partial charge in [0.2, 0.25) is 5.95 Å². The molecular formula is C26H26N6O2S. The van der Waals surface area contributed by atoms with Crippen LogP contribution in [-0.4, -0.2) is 25.5 Å². The first-order chi connectivity index (χ1) is 17.1. The molecule has 3 N–H and O–H groups in total. The molecule has 2 aromatic carbocycles. The quantitative estimate of drug-likeness (QED) is 0.268. The van der Waals surface area contributed by atoms with Crippen LogP contribution in [0.3, 0.4) is 0 Å². The summed E-state index contributed by atoms with van der Waals surface area (Å²) in [5.41, 5.74) is 3.55. The van der Waals surface area contributed by atoms with Crippen molar-refractivity contribution in [2.45, 2.75) is 37.3 Å². The first-order valence-corrected chi connectivity index (χ1v) is 12.6. The Bertz CT molecular complexity index is 1250. The van der Waals surface area contributed by atoms with E-state index >= 15 is 0 Å². The van der Waals surface area contributed by atoms with Gasteiger partial charge in [-0.1, -0.05) is 6.07 Å². The third-order valence-corrected chi connectivity index (χ3v) is 6.53. The van der Waals surface area contributed by atoms with Crippen LogP contribution >= 0.6 is 0 Å². The summed E-state index contributed by atoms with van der Waals surface area (Å²) in [6.45, 7) is 2.39. The third-order valence-electron chi connectivity index (χ3n) is 5.28. The zero-order valence-corrected chi connectivity index (χ0v) is 20.1. The second kappa shape index (κ2) is 10.7. The van der Waals surface area contributed by atoms with E-state index in [2.05, 4.69) is 30.3 Å². The monoisotopic (exact) mass is 486 g/mol. The van der Waals surface area contributed by atoms with E-state index in [9.17, 15) is 4.55 Å². The lowest BCUT2D eigenvalue weighted by Crippen LogP contribution is -2.25. The van der Waals surface area contributed by atoms with Gasteiger partial charge in [0.15, 0.2) is 4.90 Å². The lowest BCUT2D eigenvalue weighted by Gasteiger charge is -2.12. The van der Waals surface area contributed by atoms with E-state index in [4.69, 9.17) is 4.74 Å². The maximum absolute atomic E-state index is 12.3. The summed E-state index contributed by atoms with van der Waals surface area (Å²) in [7, 11) is 0. The molecule has 0 saturated heterocycles. The van der Waals surface area contributed by atoms with Gasteiger partial charge in [-0.2, -0.15) is 4.98 Å². The number of nitrogens with one attached hydrogen (secondary N) is 3. The minimum absolute atomic E-state index is 0.385. The number of hydrogen-bond donors (Lipinski definition) is 3. The van der Waals surface area contributed by atoms with Gasteiger partial charge in [-0.05, 0) is 74.4 Å². The number of anilines is 4. The molecule has 35 heavy (non-hydrogen) atoms. The Labute approximate surface area is 207 Å². The Morgan fingerprint density at radius 3 is 2.43 bits per heavy atom. The van der Waals surface area contributed by atoms with Crippen molar-refractivity contribution in [2.75, 3.05) is 10.6 Å². The summed E-state index contributed by atoms with van der Waals surface area (Å²) in [5, 5.41) is 6.54. The number of benzene rings is 2. The molecule has 1 aliphatic rings. The number of ether oxygens (including phenoxy) is 1. The maximum atomic E-state index is 12.3. The fourth-order valence-electron chi connectivity index (χ4n) is 3.33. The van der Waals surface area contributed by atoms with Gasteiger partial charge in [-0.25, -0.2) is 4.98 Å². The molecular weight excluding hydrogens is 460 g/mol. The van der Waals surface area contributed by atoms with E-state index in [-0.39, 0.29) is 0 Å². The molecule has 1 aliphatic carbocycles. The number of rotatable bonds is 10. The van der Waals surface area contributed by atoms with Gasteiger partial charge in [-0.3, -0.25) is 4.98 Å². The molecule has 2 aromatic heterocycles. The first kappa shape index (κ1) is 23.1. The summed E-state index contributed by atoms with van der Waals surface area (Å²) in [6.07, 6.45) is 5.72. The molecule has 178 valence electrons. The molecule has 0 bridgehead atoms. The van der Waals surface area contributed by atoms with E-state index in [1.54, 1.807) is 12.4 Å². The predicted molar refractivity (Wildman–Crippen MR) is 137 cm³/mol. The summed E-state index contributed by atoms with van der Waals surface area (Å²) < 4.78 is 21.2. The minimum atomic E-state index is -1.18. The number of pyridine rings is 1. The van der Waals surface area contributed by atoms with E-state index < -0.39 is 11.4 Å². The third kappa shape index (κ3) is 6.69. The highest BCUT2D eigenvalue weighted by atomic mass is 32.2. The molecule has 0 aliphatic heterocycles. The number of aryl methyl sites for hydroxylation is 1. The van der Waals surface area contributed by atoms with Crippen molar-refractivity contribution >= 4 is 34.5 Å². The van der Waals surface area contributed by atoms with Crippen LogP contribution in [0.2, 0.25) is 0 Å². The maximum Gasteiger partial charge on any atom is 0.229 e. The van der Waals surface area contributed by atoms with Crippen LogP contribution < -0.4 is 20.1 Å². The molecule has 1 atom stereocenters. The number of nitrogens with zero attached hydrogens (tertiary/aromatic N) is 3. The van der Waals surface area contributed by atoms with Crippen LogP contribution in [-0.2, 0) is 18.0 Å². The summed E-state index contributed by atoms with van der Waals surface area (Å²) in [4.78, 5) is 13.9. The van der Waals surface area contributed by atoms with Crippen molar-refractivity contribution in [3.63, 3.8) is 0 Å². The Kier molecular flexibility index (Phi) is 7.08. The van der Waals surface area contributed by atoms with Crippen LogP contribution in [0, 0.1) is 6.92 Å². The van der Waals surface area contributed by atoms with Gasteiger partial charge in [0.25, 0.3) is 0 Å². The lowest BCUT2D eigenvalue weighted by molar-refractivity contribution is 0.306. The zero-order valence-electron chi connectivity index (χ0n) is 19.3. The Balaban J connectivity index is 1.19. The molecule has 2 heterocycles. The zero-order chi connectivity index (χ0) is 24.0. The number of hydrogen-bond acceptors (Lipinski definition) is 8. The van der Waals surface area contributed by atoms with Crippen molar-refractivity contribution in [1.82, 2.24) is 19.7 Å². The average Bonchev–Trinajstić information content (AvgIpc) is 3.68. The Hall–Kier alpha value is -3.66. The topological polar surface area (TPSA) is 107 Å². The summed E-state index contributed by atoms with van der Waals surface area (Å²) >= 11 is -1.18. The van der Waals surface area contributed by atoms with Gasteiger partial charge in [0.05, 0.1) is 17.4 Å². The second-order valence-electron chi connectivity index (χ2n) is 8.33. The van der Waals surface area contributed by atoms with E-state index in [0.717, 1.165) is 46.1 Å². The van der Waals surface area contributed by atoms with Crippen molar-refractivity contribution in [3.05, 3.63) is 90.4 Å². The van der Waals surface area contributed by atoms with E-state index in [1.165, 1.54) is 0 Å². The lowest BCUT2D eigenvalue weighted by atomic mass is 10.3. The fourth-order valence-corrected chi connectivity index (χ4v) is 4.39. The molecule has 0 radical (unpaired) electrons. The van der Waals surface area contributed by atoms with E-state index in [0.29, 0.717) is 24.4 Å². The highest BCUT2D eigenvalue weighted by Crippen LogP contribution is 2.24. The molecule has 0 amide bonds. The van der Waals surface area contributed by atoms with Crippen molar-refractivity contribution in [2.24, 2.45) is 0 Å². The van der Waals surface area contributed by atoms with Gasteiger partial charge in [0, 0.05) is 41.1 Å². The molecule has 1 fully saturated rings. The summed E-state index contributed by atoms with van der Waals surface area (Å²) in [6, 6.07) is 21.3. The molecule has 1 saturated carbocycles. The smallest absolute Gasteiger partial charge is 0.229 e. The SMILES string of the molecule is Cc1cc(Nc2ccc(OCc3cccnc3)cc2)nc(Nc2ccc([S+]([O-])NC3CC3)cc2)n1. The molecule has 0 spiro atoms. The minimum Gasteiger partial charge on any atom is -0.593 e. The standard InChI is InChI=1S/C26H26N6O2S/c1-18-15-25(29-20-6-10-23(11-7-20)34-17-19-3-2-14-27-16-19)31-26(28-18)30-21-8-12-24(13-9-21)35(33)32-22-4-5-22/h2-3,6-16,22,32H,4-5,17H2,1H3,(H2,28,29,30,31). The average molecular weight is 487 g/mol. The van der Waals surface area contributed by atoms with Crippen LogP contribution in [0.5, 0.6) is 5.75 Å². The molecule has 8 nitrogen and oxygen atoms in total. The van der Waals surface area contributed by atoms with Crippen LogP contribution in [0.25, 0.3) is 0 Å². The van der Waals surface area contributed by atoms with E-state index in [1.807, 2.05) is 73.7 Å². The molecule has 9 heteroatoms. The van der Waals surface area contributed by atoms with Gasteiger partial charge < -0.3 is 19.9 Å². The first-order valence-electron chi connectivity index (χ1n) is 11.4. The highest BCUT2D eigenvalue weighted by Gasteiger charge is 2.27. The highest BCUT2D eigenvalue weighted by molar-refractivity contribution is 7.89. The predicted octanol–water partition coefficient (Wildman–Crippen LogP) is 5.02. The molecule has 4 aromatic rings. The van der Waals surface area contributed by atoms with Crippen LogP contribution in [0.1, 0.15) is 24.1 Å². The molecule has 1 unspecified atom stereocenters. The molecule has 5 rings (SSSR count). The largest absolute Gasteiger partial charge is 0.593 e. The number of aromatic nitrogens is 3. The van der Waals surface area contributed by atoms with Crippen LogP contribution in [0.4, 0.5) is 23.1 Å². The van der Waals surface area contributed by atoms with Crippen molar-refractivity contribution < 1.29 is 9.29 Å². The normalized spacial score (nSPS) is 13.8. The van der Waals surface area contributed by atoms with Gasteiger partial charge in [-0.15, -0.1) is 4.72 Å². The van der Waals surface area contributed by atoms with Crippen molar-refractivity contribution in [1.29, 1.82) is 0 Å². The Morgan fingerprint density at radius 1 is 0.971 bits per heavy atom. The van der Waals surface area contributed by atoms with Gasteiger partial charge >= 0.3 is 0 Å².